The second kappa shape index (κ2) is 6.55. The van der Waals surface area contributed by atoms with Crippen molar-refractivity contribution in [3.8, 4) is 12.3 Å². The van der Waals surface area contributed by atoms with E-state index < -0.39 is 6.04 Å². The summed E-state index contributed by atoms with van der Waals surface area (Å²) in [6, 6.07) is -0.248. The third-order valence-corrected chi connectivity index (χ3v) is 3.38. The standard InChI is InChI=1S/C13H22N2O/c1-3-6-12(14)13(16)15-11-8-5-7-10(4-2)9-11/h1,10-12H,4-9,14H2,2H3,(H,15,16). The number of carbonyl (C=O) groups is 1. The van der Waals surface area contributed by atoms with Gasteiger partial charge in [0.2, 0.25) is 5.91 Å². The normalized spacial score (nSPS) is 26.8. The van der Waals surface area contributed by atoms with Crippen molar-refractivity contribution in [3.63, 3.8) is 0 Å². The summed E-state index contributed by atoms with van der Waals surface area (Å²) in [6.45, 7) is 2.21. The molecule has 16 heavy (non-hydrogen) atoms. The lowest BCUT2D eigenvalue weighted by Gasteiger charge is -2.29. The Morgan fingerprint density at radius 3 is 3.00 bits per heavy atom. The molecule has 0 radical (unpaired) electrons. The molecule has 0 saturated heterocycles. The van der Waals surface area contributed by atoms with Gasteiger partial charge in [0.05, 0.1) is 6.04 Å². The highest BCUT2D eigenvalue weighted by Crippen LogP contribution is 2.26. The average molecular weight is 222 g/mol. The van der Waals surface area contributed by atoms with Crippen LogP contribution in [0.15, 0.2) is 0 Å². The Hall–Kier alpha value is -1.01. The van der Waals surface area contributed by atoms with E-state index in [1.165, 1.54) is 19.3 Å². The van der Waals surface area contributed by atoms with Crippen molar-refractivity contribution in [2.75, 3.05) is 0 Å². The Bertz CT molecular complexity index is 270. The lowest BCUT2D eigenvalue weighted by atomic mass is 9.84. The van der Waals surface area contributed by atoms with Crippen LogP contribution in [0.5, 0.6) is 0 Å². The van der Waals surface area contributed by atoms with Gasteiger partial charge < -0.3 is 11.1 Å². The van der Waals surface area contributed by atoms with E-state index in [1.54, 1.807) is 0 Å². The zero-order chi connectivity index (χ0) is 12.0. The summed E-state index contributed by atoms with van der Waals surface area (Å²) in [7, 11) is 0. The zero-order valence-corrected chi connectivity index (χ0v) is 10.0. The number of terminal acetylenes is 1. The van der Waals surface area contributed by atoms with Gasteiger partial charge in [-0.25, -0.2) is 0 Å². The smallest absolute Gasteiger partial charge is 0.238 e. The third-order valence-electron chi connectivity index (χ3n) is 3.38. The molecule has 0 heterocycles. The fraction of sp³-hybridized carbons (Fsp3) is 0.769. The van der Waals surface area contributed by atoms with Gasteiger partial charge in [0.25, 0.3) is 0 Å². The van der Waals surface area contributed by atoms with Crippen LogP contribution in [0.1, 0.15) is 45.4 Å². The molecule has 0 aromatic heterocycles. The maximum absolute atomic E-state index is 11.7. The van der Waals surface area contributed by atoms with Gasteiger partial charge in [-0.3, -0.25) is 4.79 Å². The molecule has 0 aromatic carbocycles. The summed E-state index contributed by atoms with van der Waals surface area (Å²) in [6.07, 6.45) is 11.3. The highest BCUT2D eigenvalue weighted by molar-refractivity contribution is 5.82. The highest BCUT2D eigenvalue weighted by atomic mass is 16.2. The van der Waals surface area contributed by atoms with E-state index in [0.29, 0.717) is 12.5 Å². The molecule has 3 nitrogen and oxygen atoms in total. The first kappa shape index (κ1) is 13.1. The van der Waals surface area contributed by atoms with Crippen LogP contribution in [0.25, 0.3) is 0 Å². The van der Waals surface area contributed by atoms with Crippen LogP contribution in [0.2, 0.25) is 0 Å². The van der Waals surface area contributed by atoms with Crippen molar-refractivity contribution in [3.05, 3.63) is 0 Å². The molecule has 3 N–H and O–H groups in total. The average Bonchev–Trinajstić information content (AvgIpc) is 2.29. The SMILES string of the molecule is C#CCC(N)C(=O)NC1CCCC(CC)C1. The van der Waals surface area contributed by atoms with Crippen LogP contribution in [-0.4, -0.2) is 18.0 Å². The molecule has 0 aliphatic heterocycles. The first-order valence-corrected chi connectivity index (χ1v) is 6.16. The van der Waals surface area contributed by atoms with Crippen LogP contribution in [-0.2, 0) is 4.79 Å². The Morgan fingerprint density at radius 2 is 2.38 bits per heavy atom. The summed E-state index contributed by atoms with van der Waals surface area (Å²) < 4.78 is 0. The Morgan fingerprint density at radius 1 is 1.62 bits per heavy atom. The van der Waals surface area contributed by atoms with Crippen molar-refractivity contribution in [2.45, 2.75) is 57.5 Å². The molecule has 1 saturated carbocycles. The van der Waals surface area contributed by atoms with Crippen LogP contribution in [0, 0.1) is 18.3 Å². The van der Waals surface area contributed by atoms with Gasteiger partial charge in [0, 0.05) is 12.5 Å². The van der Waals surface area contributed by atoms with Crippen LogP contribution >= 0.6 is 0 Å². The van der Waals surface area contributed by atoms with E-state index >= 15 is 0 Å². The lowest BCUT2D eigenvalue weighted by Crippen LogP contribution is -2.46. The summed E-state index contributed by atoms with van der Waals surface area (Å²) in [5.41, 5.74) is 5.66. The summed E-state index contributed by atoms with van der Waals surface area (Å²) in [5, 5.41) is 3.01. The minimum Gasteiger partial charge on any atom is -0.352 e. The molecule has 1 rings (SSSR count). The molecular weight excluding hydrogens is 200 g/mol. The van der Waals surface area contributed by atoms with Crippen LogP contribution < -0.4 is 11.1 Å². The van der Waals surface area contributed by atoms with E-state index in [2.05, 4.69) is 18.2 Å². The Kier molecular flexibility index (Phi) is 5.34. The van der Waals surface area contributed by atoms with Crippen LogP contribution in [0.4, 0.5) is 0 Å². The molecular formula is C13H22N2O. The molecule has 1 aliphatic rings. The predicted molar refractivity (Wildman–Crippen MR) is 65.6 cm³/mol. The van der Waals surface area contributed by atoms with Crippen molar-refractivity contribution < 1.29 is 4.79 Å². The number of amides is 1. The minimum absolute atomic E-state index is 0.0975. The van der Waals surface area contributed by atoms with Crippen molar-refractivity contribution in [1.82, 2.24) is 5.32 Å². The van der Waals surface area contributed by atoms with Gasteiger partial charge in [0.1, 0.15) is 0 Å². The third kappa shape index (κ3) is 3.86. The molecule has 1 fully saturated rings. The fourth-order valence-electron chi connectivity index (χ4n) is 2.32. The zero-order valence-electron chi connectivity index (χ0n) is 10.0. The molecule has 0 spiro atoms. The maximum Gasteiger partial charge on any atom is 0.238 e. The second-order valence-corrected chi connectivity index (χ2v) is 4.66. The largest absolute Gasteiger partial charge is 0.352 e. The van der Waals surface area contributed by atoms with E-state index in [-0.39, 0.29) is 5.91 Å². The van der Waals surface area contributed by atoms with Crippen molar-refractivity contribution >= 4 is 5.91 Å². The molecule has 3 heteroatoms. The molecule has 0 bridgehead atoms. The topological polar surface area (TPSA) is 55.1 Å². The lowest BCUT2D eigenvalue weighted by molar-refractivity contribution is -0.123. The number of nitrogens with two attached hydrogens (primary N) is 1. The Labute approximate surface area is 98.2 Å². The molecule has 1 aliphatic carbocycles. The fourth-order valence-corrected chi connectivity index (χ4v) is 2.32. The first-order valence-electron chi connectivity index (χ1n) is 6.16. The highest BCUT2D eigenvalue weighted by Gasteiger charge is 2.23. The number of rotatable bonds is 4. The maximum atomic E-state index is 11.7. The van der Waals surface area contributed by atoms with Gasteiger partial charge in [-0.15, -0.1) is 12.3 Å². The number of nitrogens with one attached hydrogen (secondary N) is 1. The summed E-state index contributed by atoms with van der Waals surface area (Å²) >= 11 is 0. The molecule has 3 unspecified atom stereocenters. The van der Waals surface area contributed by atoms with E-state index in [0.717, 1.165) is 18.8 Å². The number of carbonyl (C=O) groups excluding carboxylic acids is 1. The second-order valence-electron chi connectivity index (χ2n) is 4.66. The summed E-state index contributed by atoms with van der Waals surface area (Å²) in [4.78, 5) is 11.7. The number of hydrogen-bond acceptors (Lipinski definition) is 2. The monoisotopic (exact) mass is 222 g/mol. The van der Waals surface area contributed by atoms with Crippen molar-refractivity contribution in [2.24, 2.45) is 11.7 Å². The van der Waals surface area contributed by atoms with Gasteiger partial charge in [-0.1, -0.05) is 26.2 Å². The predicted octanol–water partition coefficient (Wildman–Crippen LogP) is 1.42. The molecule has 0 aromatic rings. The van der Waals surface area contributed by atoms with Gasteiger partial charge in [-0.05, 0) is 18.8 Å². The van der Waals surface area contributed by atoms with Gasteiger partial charge in [-0.2, -0.15) is 0 Å². The van der Waals surface area contributed by atoms with Crippen LogP contribution in [0.3, 0.4) is 0 Å². The molecule has 1 amide bonds. The molecule has 3 atom stereocenters. The first-order chi connectivity index (χ1) is 7.67. The van der Waals surface area contributed by atoms with E-state index in [4.69, 9.17) is 12.2 Å². The minimum atomic E-state index is -0.549. The van der Waals surface area contributed by atoms with Gasteiger partial charge in [0.15, 0.2) is 0 Å². The van der Waals surface area contributed by atoms with Gasteiger partial charge >= 0.3 is 0 Å². The quantitative estimate of drug-likeness (QED) is 0.707. The van der Waals surface area contributed by atoms with E-state index in [9.17, 15) is 4.79 Å². The summed E-state index contributed by atoms with van der Waals surface area (Å²) in [5.74, 6) is 3.07. The molecule has 90 valence electrons. The van der Waals surface area contributed by atoms with Crippen molar-refractivity contribution in [1.29, 1.82) is 0 Å². The Balaban J connectivity index is 2.36. The number of hydrogen-bond donors (Lipinski definition) is 2. The van der Waals surface area contributed by atoms with E-state index in [1.807, 2.05) is 0 Å².